The molecular weight excluding hydrogens is 206 g/mol. The van der Waals surface area contributed by atoms with Crippen LogP contribution in [0.4, 0.5) is 0 Å². The first kappa shape index (κ1) is 12.2. The highest BCUT2D eigenvalue weighted by molar-refractivity contribution is 5.34. The van der Waals surface area contributed by atoms with Gasteiger partial charge >= 0.3 is 0 Å². The van der Waals surface area contributed by atoms with Crippen molar-refractivity contribution in [3.05, 3.63) is 46.0 Å². The number of hydrogen-bond acceptors (Lipinski definition) is 3. The predicted molar refractivity (Wildman–Crippen MR) is 60.4 cm³/mol. The van der Waals surface area contributed by atoms with Gasteiger partial charge in [0.2, 0.25) is 6.54 Å². The van der Waals surface area contributed by atoms with E-state index in [4.69, 9.17) is 5.11 Å². The number of aliphatic hydroxyl groups excluding tert-OH is 1. The van der Waals surface area contributed by atoms with Gasteiger partial charge in [-0.05, 0) is 18.6 Å². The quantitative estimate of drug-likeness (QED) is 0.472. The molecule has 0 aliphatic rings. The zero-order chi connectivity index (χ0) is 11.8. The summed E-state index contributed by atoms with van der Waals surface area (Å²) >= 11 is 0. The van der Waals surface area contributed by atoms with Crippen LogP contribution < -0.4 is 0 Å². The molecule has 16 heavy (non-hydrogen) atoms. The number of benzene rings is 1. The first-order valence-electron chi connectivity index (χ1n) is 5.01. The summed E-state index contributed by atoms with van der Waals surface area (Å²) < 4.78 is 0. The Balaban J connectivity index is 2.67. The van der Waals surface area contributed by atoms with E-state index in [1.165, 1.54) is 0 Å². The van der Waals surface area contributed by atoms with Crippen LogP contribution in [0.15, 0.2) is 30.3 Å². The number of rotatable bonds is 4. The number of hydrogen-bond donors (Lipinski definition) is 1. The highest BCUT2D eigenvalue weighted by atomic mass is 16.6. The van der Waals surface area contributed by atoms with Gasteiger partial charge in [-0.3, -0.25) is 10.1 Å². The van der Waals surface area contributed by atoms with E-state index in [1.54, 1.807) is 0 Å². The summed E-state index contributed by atoms with van der Waals surface area (Å²) in [5.41, 5.74) is 0.828. The Bertz CT molecular complexity index is 392. The molecule has 84 valence electrons. The first-order chi connectivity index (χ1) is 7.72. The van der Waals surface area contributed by atoms with Gasteiger partial charge in [-0.2, -0.15) is 0 Å². The Morgan fingerprint density at radius 3 is 2.62 bits per heavy atom. The van der Waals surface area contributed by atoms with Gasteiger partial charge in [0.25, 0.3) is 0 Å². The van der Waals surface area contributed by atoms with Crippen LogP contribution in [0, 0.1) is 27.9 Å². The highest BCUT2D eigenvalue weighted by Crippen LogP contribution is 2.02. The lowest BCUT2D eigenvalue weighted by atomic mass is 10.1. The molecular formula is C12H13NO3. The molecule has 0 fully saturated rings. The summed E-state index contributed by atoms with van der Waals surface area (Å²) in [6.07, 6.45) is 0.334. The topological polar surface area (TPSA) is 63.4 Å². The van der Waals surface area contributed by atoms with Gasteiger partial charge in [0, 0.05) is 17.1 Å². The summed E-state index contributed by atoms with van der Waals surface area (Å²) in [6, 6.07) is 9.29. The maximum atomic E-state index is 10.4. The van der Waals surface area contributed by atoms with E-state index < -0.39 is 4.92 Å². The van der Waals surface area contributed by atoms with Gasteiger partial charge < -0.3 is 5.11 Å². The predicted octanol–water partition coefficient (Wildman–Crippen LogP) is 1.31. The molecule has 4 nitrogen and oxygen atoms in total. The Kier molecular flexibility index (Phi) is 5.03. The van der Waals surface area contributed by atoms with E-state index >= 15 is 0 Å². The van der Waals surface area contributed by atoms with Gasteiger partial charge in [-0.25, -0.2) is 0 Å². The second-order valence-corrected chi connectivity index (χ2v) is 3.36. The molecule has 1 aromatic carbocycles. The van der Waals surface area contributed by atoms with Gasteiger partial charge in [0.05, 0.1) is 5.92 Å². The fraction of sp³-hybridized carbons (Fsp3) is 0.333. The van der Waals surface area contributed by atoms with Crippen LogP contribution in [0.25, 0.3) is 0 Å². The molecule has 4 heteroatoms. The third-order valence-electron chi connectivity index (χ3n) is 2.04. The zero-order valence-corrected chi connectivity index (χ0v) is 8.80. The van der Waals surface area contributed by atoms with E-state index in [-0.39, 0.29) is 19.1 Å². The maximum Gasteiger partial charge on any atom is 0.217 e. The minimum Gasteiger partial charge on any atom is -0.396 e. The molecule has 1 rings (SSSR count). The van der Waals surface area contributed by atoms with Crippen molar-refractivity contribution in [2.24, 2.45) is 5.92 Å². The first-order valence-corrected chi connectivity index (χ1v) is 5.01. The summed E-state index contributed by atoms with van der Waals surface area (Å²) in [5, 5.41) is 19.1. The molecule has 0 unspecified atom stereocenters. The van der Waals surface area contributed by atoms with Crippen molar-refractivity contribution in [2.75, 3.05) is 13.2 Å². The molecule has 0 saturated heterocycles. The Morgan fingerprint density at radius 1 is 1.38 bits per heavy atom. The average Bonchev–Trinajstić information content (AvgIpc) is 2.27. The standard InChI is InChI=1S/C12H13NO3/c14-9-8-12(10-13(15)16)7-6-11-4-2-1-3-5-11/h1-5,12,14H,8-10H2/t12-/m1/s1. The van der Waals surface area contributed by atoms with Gasteiger partial charge in [-0.15, -0.1) is 0 Å². The van der Waals surface area contributed by atoms with Crippen LogP contribution in [0.1, 0.15) is 12.0 Å². The van der Waals surface area contributed by atoms with Crippen LogP contribution in [0.5, 0.6) is 0 Å². The van der Waals surface area contributed by atoms with Crippen molar-refractivity contribution >= 4 is 0 Å². The Labute approximate surface area is 94.1 Å². The van der Waals surface area contributed by atoms with Crippen LogP contribution in [0.2, 0.25) is 0 Å². The SMILES string of the molecule is O=[N+]([O-])C[C@H](C#Cc1ccccc1)CCO. The smallest absolute Gasteiger partial charge is 0.217 e. The van der Waals surface area contributed by atoms with E-state index in [2.05, 4.69) is 11.8 Å². The normalized spacial score (nSPS) is 11.3. The largest absolute Gasteiger partial charge is 0.396 e. The molecule has 0 aliphatic heterocycles. The minimum atomic E-state index is -0.403. The van der Waals surface area contributed by atoms with E-state index in [9.17, 15) is 10.1 Å². The fourth-order valence-corrected chi connectivity index (χ4v) is 1.25. The summed E-state index contributed by atoms with van der Waals surface area (Å²) in [5.74, 6) is 5.30. The van der Waals surface area contributed by atoms with Gasteiger partial charge in [0.15, 0.2) is 0 Å². The number of nitrogens with zero attached hydrogens (tertiary/aromatic N) is 1. The summed E-state index contributed by atoms with van der Waals surface area (Å²) in [7, 11) is 0. The fourth-order valence-electron chi connectivity index (χ4n) is 1.25. The zero-order valence-electron chi connectivity index (χ0n) is 8.80. The molecule has 1 atom stereocenters. The lowest BCUT2D eigenvalue weighted by Gasteiger charge is -2.01. The third-order valence-corrected chi connectivity index (χ3v) is 2.04. The van der Waals surface area contributed by atoms with Crippen molar-refractivity contribution in [3.8, 4) is 11.8 Å². The lowest BCUT2D eigenvalue weighted by Crippen LogP contribution is -2.13. The molecule has 0 radical (unpaired) electrons. The van der Waals surface area contributed by atoms with Crippen LogP contribution in [0.3, 0.4) is 0 Å². The van der Waals surface area contributed by atoms with Crippen LogP contribution in [-0.2, 0) is 0 Å². The molecule has 0 bridgehead atoms. The van der Waals surface area contributed by atoms with E-state index in [0.717, 1.165) is 5.56 Å². The van der Waals surface area contributed by atoms with Gasteiger partial charge in [-0.1, -0.05) is 30.0 Å². The maximum absolute atomic E-state index is 10.4. The van der Waals surface area contributed by atoms with Crippen molar-refractivity contribution < 1.29 is 10.0 Å². The Morgan fingerprint density at radius 2 is 2.06 bits per heavy atom. The molecule has 0 amide bonds. The van der Waals surface area contributed by atoms with E-state index in [1.807, 2.05) is 30.3 Å². The summed E-state index contributed by atoms with van der Waals surface area (Å²) in [6.45, 7) is -0.303. The number of nitro groups is 1. The lowest BCUT2D eigenvalue weighted by molar-refractivity contribution is -0.485. The monoisotopic (exact) mass is 219 g/mol. The van der Waals surface area contributed by atoms with Crippen molar-refractivity contribution in [2.45, 2.75) is 6.42 Å². The third kappa shape index (κ3) is 4.58. The second-order valence-electron chi connectivity index (χ2n) is 3.36. The van der Waals surface area contributed by atoms with Crippen LogP contribution in [-0.4, -0.2) is 23.2 Å². The molecule has 1 aromatic rings. The molecule has 0 saturated carbocycles. The van der Waals surface area contributed by atoms with Crippen molar-refractivity contribution in [1.82, 2.24) is 0 Å². The molecule has 0 spiro atoms. The Hall–Kier alpha value is -1.86. The summed E-state index contributed by atoms with van der Waals surface area (Å²) in [4.78, 5) is 9.95. The van der Waals surface area contributed by atoms with Crippen molar-refractivity contribution in [1.29, 1.82) is 0 Å². The molecule has 1 N–H and O–H groups in total. The van der Waals surface area contributed by atoms with Gasteiger partial charge in [0.1, 0.15) is 0 Å². The molecule has 0 aromatic heterocycles. The molecule has 0 aliphatic carbocycles. The van der Waals surface area contributed by atoms with Crippen molar-refractivity contribution in [3.63, 3.8) is 0 Å². The van der Waals surface area contributed by atoms with Crippen LogP contribution >= 0.6 is 0 Å². The molecule has 0 heterocycles. The number of aliphatic hydroxyl groups is 1. The van der Waals surface area contributed by atoms with E-state index in [0.29, 0.717) is 6.42 Å². The average molecular weight is 219 g/mol. The minimum absolute atomic E-state index is 0.0814. The highest BCUT2D eigenvalue weighted by Gasteiger charge is 2.11. The second kappa shape index (κ2) is 6.59.